The van der Waals surface area contributed by atoms with Crippen LogP contribution in [0.15, 0.2) is 36.4 Å². The normalized spacial score (nSPS) is 12.9. The van der Waals surface area contributed by atoms with Gasteiger partial charge in [-0.2, -0.15) is 0 Å². The highest BCUT2D eigenvalue weighted by Crippen LogP contribution is 2.31. The zero-order chi connectivity index (χ0) is 12.4. The summed E-state index contributed by atoms with van der Waals surface area (Å²) in [7, 11) is 0. The van der Waals surface area contributed by atoms with E-state index >= 15 is 0 Å². The van der Waals surface area contributed by atoms with Gasteiger partial charge in [0.2, 0.25) is 0 Å². The minimum Gasteiger partial charge on any atom is -0.323 e. The minimum atomic E-state index is -0.193. The Hall–Kier alpha value is -1.19. The summed E-state index contributed by atoms with van der Waals surface area (Å²) in [6.45, 7) is 5.88. The maximum Gasteiger partial charge on any atom is 0.124 e. The SMILES string of the molecule is C=C(C)CCC(N)c1cc2ccc(F)cc2s1. The first-order valence-electron chi connectivity index (χ1n) is 5.65. The molecule has 1 aromatic carbocycles. The van der Waals surface area contributed by atoms with Gasteiger partial charge in [0.25, 0.3) is 0 Å². The Labute approximate surface area is 105 Å². The Bertz CT molecular complexity index is 544. The van der Waals surface area contributed by atoms with Crippen molar-refractivity contribution >= 4 is 21.4 Å². The van der Waals surface area contributed by atoms with Crippen LogP contribution in [0.4, 0.5) is 4.39 Å². The van der Waals surface area contributed by atoms with Crippen LogP contribution in [0.5, 0.6) is 0 Å². The molecule has 0 aliphatic rings. The van der Waals surface area contributed by atoms with Gasteiger partial charge in [0.05, 0.1) is 0 Å². The summed E-state index contributed by atoms with van der Waals surface area (Å²) >= 11 is 1.58. The quantitative estimate of drug-likeness (QED) is 0.799. The van der Waals surface area contributed by atoms with Crippen LogP contribution in [0.25, 0.3) is 10.1 Å². The molecular formula is C14H16FNS. The van der Waals surface area contributed by atoms with Gasteiger partial charge in [-0.15, -0.1) is 17.9 Å². The lowest BCUT2D eigenvalue weighted by atomic mass is 10.1. The lowest BCUT2D eigenvalue weighted by molar-refractivity contribution is 0.630. The van der Waals surface area contributed by atoms with E-state index < -0.39 is 0 Å². The summed E-state index contributed by atoms with van der Waals surface area (Å²) in [5.41, 5.74) is 7.27. The predicted octanol–water partition coefficient (Wildman–Crippen LogP) is 4.40. The molecule has 2 aromatic rings. The Morgan fingerprint density at radius 2 is 2.24 bits per heavy atom. The van der Waals surface area contributed by atoms with Crippen LogP contribution in [0.1, 0.15) is 30.7 Å². The lowest BCUT2D eigenvalue weighted by Gasteiger charge is -2.08. The van der Waals surface area contributed by atoms with E-state index in [1.807, 2.05) is 6.92 Å². The summed E-state index contributed by atoms with van der Waals surface area (Å²) in [5.74, 6) is -0.193. The Kier molecular flexibility index (Phi) is 3.60. The van der Waals surface area contributed by atoms with E-state index in [1.54, 1.807) is 23.5 Å². The third-order valence-corrected chi connectivity index (χ3v) is 3.98. The van der Waals surface area contributed by atoms with Crippen LogP contribution >= 0.6 is 11.3 Å². The molecule has 17 heavy (non-hydrogen) atoms. The Balaban J connectivity index is 2.21. The van der Waals surface area contributed by atoms with Gasteiger partial charge in [0.1, 0.15) is 5.82 Å². The molecule has 1 unspecified atom stereocenters. The van der Waals surface area contributed by atoms with Crippen molar-refractivity contribution in [2.75, 3.05) is 0 Å². The fourth-order valence-electron chi connectivity index (χ4n) is 1.75. The zero-order valence-corrected chi connectivity index (χ0v) is 10.7. The summed E-state index contributed by atoms with van der Waals surface area (Å²) in [6, 6.07) is 6.93. The molecule has 0 saturated heterocycles. The Morgan fingerprint density at radius 1 is 1.47 bits per heavy atom. The average Bonchev–Trinajstić information content (AvgIpc) is 2.68. The van der Waals surface area contributed by atoms with Gasteiger partial charge >= 0.3 is 0 Å². The fourth-order valence-corrected chi connectivity index (χ4v) is 2.88. The predicted molar refractivity (Wildman–Crippen MR) is 72.8 cm³/mol. The van der Waals surface area contributed by atoms with Gasteiger partial charge in [-0.1, -0.05) is 11.6 Å². The van der Waals surface area contributed by atoms with Crippen molar-refractivity contribution in [3.05, 3.63) is 47.1 Å². The van der Waals surface area contributed by atoms with E-state index in [2.05, 4.69) is 12.6 Å². The number of fused-ring (bicyclic) bond motifs is 1. The molecule has 0 aliphatic carbocycles. The molecule has 90 valence electrons. The largest absolute Gasteiger partial charge is 0.323 e. The number of benzene rings is 1. The smallest absolute Gasteiger partial charge is 0.124 e. The number of rotatable bonds is 4. The van der Waals surface area contributed by atoms with Crippen molar-refractivity contribution in [3.8, 4) is 0 Å². The summed E-state index contributed by atoms with van der Waals surface area (Å²) in [4.78, 5) is 1.12. The van der Waals surface area contributed by atoms with Crippen molar-refractivity contribution in [1.82, 2.24) is 0 Å². The Morgan fingerprint density at radius 3 is 2.94 bits per heavy atom. The number of allylic oxidation sites excluding steroid dienone is 1. The summed E-state index contributed by atoms with van der Waals surface area (Å²) in [6.07, 6.45) is 1.83. The molecule has 0 amide bonds. The molecule has 0 fully saturated rings. The maximum absolute atomic E-state index is 13.1. The summed E-state index contributed by atoms with van der Waals surface area (Å²) in [5, 5.41) is 1.07. The monoisotopic (exact) mass is 249 g/mol. The molecule has 1 atom stereocenters. The van der Waals surface area contributed by atoms with Crippen molar-refractivity contribution in [1.29, 1.82) is 0 Å². The van der Waals surface area contributed by atoms with E-state index in [0.29, 0.717) is 0 Å². The second kappa shape index (κ2) is 4.98. The van der Waals surface area contributed by atoms with Crippen LogP contribution in [-0.4, -0.2) is 0 Å². The number of thiophene rings is 1. The number of hydrogen-bond donors (Lipinski definition) is 1. The molecule has 2 N–H and O–H groups in total. The van der Waals surface area contributed by atoms with Gasteiger partial charge in [-0.25, -0.2) is 4.39 Å². The molecule has 0 saturated carbocycles. The molecular weight excluding hydrogens is 233 g/mol. The van der Waals surface area contributed by atoms with E-state index in [0.717, 1.165) is 33.4 Å². The highest BCUT2D eigenvalue weighted by atomic mass is 32.1. The topological polar surface area (TPSA) is 26.0 Å². The second-order valence-corrected chi connectivity index (χ2v) is 5.55. The molecule has 0 spiro atoms. The fraction of sp³-hybridized carbons (Fsp3) is 0.286. The van der Waals surface area contributed by atoms with E-state index in [4.69, 9.17) is 5.73 Å². The van der Waals surface area contributed by atoms with Gasteiger partial charge in [0, 0.05) is 15.6 Å². The zero-order valence-electron chi connectivity index (χ0n) is 9.87. The molecule has 0 aliphatic heterocycles. The van der Waals surface area contributed by atoms with Crippen LogP contribution < -0.4 is 5.73 Å². The number of halogens is 1. The number of hydrogen-bond acceptors (Lipinski definition) is 2. The van der Waals surface area contributed by atoms with Gasteiger partial charge in [-0.3, -0.25) is 0 Å². The van der Waals surface area contributed by atoms with Gasteiger partial charge in [0.15, 0.2) is 0 Å². The van der Waals surface area contributed by atoms with Crippen LogP contribution in [0.2, 0.25) is 0 Å². The minimum absolute atomic E-state index is 0.0205. The highest BCUT2D eigenvalue weighted by Gasteiger charge is 2.10. The second-order valence-electron chi connectivity index (χ2n) is 4.43. The molecule has 2 rings (SSSR count). The van der Waals surface area contributed by atoms with Crippen molar-refractivity contribution < 1.29 is 4.39 Å². The highest BCUT2D eigenvalue weighted by molar-refractivity contribution is 7.19. The van der Waals surface area contributed by atoms with Crippen LogP contribution in [0, 0.1) is 5.82 Å². The van der Waals surface area contributed by atoms with Gasteiger partial charge in [-0.05, 0) is 43.4 Å². The third kappa shape index (κ3) is 2.93. The average molecular weight is 249 g/mol. The first kappa shape index (κ1) is 12.3. The molecule has 0 radical (unpaired) electrons. The molecule has 3 heteroatoms. The number of nitrogens with two attached hydrogens (primary N) is 1. The van der Waals surface area contributed by atoms with Gasteiger partial charge < -0.3 is 5.73 Å². The van der Waals surface area contributed by atoms with E-state index in [-0.39, 0.29) is 11.9 Å². The van der Waals surface area contributed by atoms with Crippen molar-refractivity contribution in [2.45, 2.75) is 25.8 Å². The van der Waals surface area contributed by atoms with E-state index in [9.17, 15) is 4.39 Å². The third-order valence-electron chi connectivity index (χ3n) is 2.75. The molecule has 1 nitrogen and oxygen atoms in total. The van der Waals surface area contributed by atoms with E-state index in [1.165, 1.54) is 6.07 Å². The van der Waals surface area contributed by atoms with Crippen molar-refractivity contribution in [3.63, 3.8) is 0 Å². The lowest BCUT2D eigenvalue weighted by Crippen LogP contribution is -2.08. The first-order valence-corrected chi connectivity index (χ1v) is 6.47. The van der Waals surface area contributed by atoms with Crippen LogP contribution in [-0.2, 0) is 0 Å². The van der Waals surface area contributed by atoms with Crippen LogP contribution in [0.3, 0.4) is 0 Å². The molecule has 1 heterocycles. The molecule has 1 aromatic heterocycles. The summed E-state index contributed by atoms with van der Waals surface area (Å²) < 4.78 is 14.0. The molecule has 0 bridgehead atoms. The standard InChI is InChI=1S/C14H16FNS/c1-9(2)3-6-12(16)14-7-10-4-5-11(15)8-13(10)17-14/h4-5,7-8,12H,1,3,6,16H2,2H3. The first-order chi connectivity index (χ1) is 8.06. The van der Waals surface area contributed by atoms with Crippen molar-refractivity contribution in [2.24, 2.45) is 5.73 Å². The maximum atomic E-state index is 13.1.